The Labute approximate surface area is 149 Å². The van der Waals surface area contributed by atoms with Crippen LogP contribution in [0.2, 0.25) is 0 Å². The summed E-state index contributed by atoms with van der Waals surface area (Å²) in [6, 6.07) is 1.82. The number of pyridine rings is 1. The number of nitrogens with zero attached hydrogens (tertiary/aromatic N) is 6. The molecule has 136 valence electrons. The lowest BCUT2D eigenvalue weighted by molar-refractivity contribution is -0.121. The van der Waals surface area contributed by atoms with Crippen LogP contribution in [0.4, 0.5) is 5.95 Å². The van der Waals surface area contributed by atoms with Crippen molar-refractivity contribution in [2.45, 2.75) is 33.4 Å². The van der Waals surface area contributed by atoms with Gasteiger partial charge >= 0.3 is 0 Å². The van der Waals surface area contributed by atoms with Crippen molar-refractivity contribution in [2.24, 2.45) is 0 Å². The molecule has 0 aliphatic carbocycles. The molecule has 10 nitrogen and oxygen atoms in total. The van der Waals surface area contributed by atoms with Crippen LogP contribution in [-0.2, 0) is 11.3 Å². The van der Waals surface area contributed by atoms with Crippen LogP contribution in [0.25, 0.3) is 11.0 Å². The molecule has 26 heavy (non-hydrogen) atoms. The second-order valence-corrected chi connectivity index (χ2v) is 6.12. The van der Waals surface area contributed by atoms with Crippen molar-refractivity contribution in [1.29, 1.82) is 0 Å². The highest BCUT2D eigenvalue weighted by Crippen LogP contribution is 2.21. The summed E-state index contributed by atoms with van der Waals surface area (Å²) in [6.07, 6.45) is 3.02. The van der Waals surface area contributed by atoms with Crippen molar-refractivity contribution in [1.82, 2.24) is 34.8 Å². The van der Waals surface area contributed by atoms with Gasteiger partial charge in [-0.2, -0.15) is 5.10 Å². The van der Waals surface area contributed by atoms with Crippen molar-refractivity contribution in [3.05, 3.63) is 29.8 Å². The van der Waals surface area contributed by atoms with E-state index >= 15 is 0 Å². The van der Waals surface area contributed by atoms with E-state index in [1.807, 2.05) is 20.8 Å². The molecule has 0 aliphatic rings. The maximum absolute atomic E-state index is 12.7. The van der Waals surface area contributed by atoms with Crippen molar-refractivity contribution < 1.29 is 9.59 Å². The molecule has 0 radical (unpaired) electrons. The Hall–Kier alpha value is -3.30. The molecule has 0 fully saturated rings. The van der Waals surface area contributed by atoms with Crippen LogP contribution in [0.5, 0.6) is 0 Å². The highest BCUT2D eigenvalue weighted by Gasteiger charge is 2.18. The third-order valence-electron chi connectivity index (χ3n) is 3.77. The minimum atomic E-state index is -0.360. The zero-order valence-electron chi connectivity index (χ0n) is 15.0. The fraction of sp³-hybridized carbons (Fsp3) is 0.375. The van der Waals surface area contributed by atoms with Crippen LogP contribution >= 0.6 is 0 Å². The summed E-state index contributed by atoms with van der Waals surface area (Å²) in [7, 11) is 1.54. The van der Waals surface area contributed by atoms with Crippen LogP contribution in [0.15, 0.2) is 18.6 Å². The van der Waals surface area contributed by atoms with E-state index in [0.29, 0.717) is 22.3 Å². The summed E-state index contributed by atoms with van der Waals surface area (Å²) < 4.78 is 3.12. The molecule has 0 bridgehead atoms. The van der Waals surface area contributed by atoms with E-state index < -0.39 is 0 Å². The molecule has 3 aromatic heterocycles. The molecule has 2 N–H and O–H groups in total. The first-order valence-electron chi connectivity index (χ1n) is 8.15. The molecule has 0 unspecified atom stereocenters. The molecule has 0 saturated carbocycles. The van der Waals surface area contributed by atoms with E-state index in [2.05, 4.69) is 30.8 Å². The van der Waals surface area contributed by atoms with E-state index in [-0.39, 0.29) is 30.3 Å². The quantitative estimate of drug-likeness (QED) is 0.701. The van der Waals surface area contributed by atoms with Crippen LogP contribution < -0.4 is 10.6 Å². The molecule has 3 rings (SSSR count). The van der Waals surface area contributed by atoms with Gasteiger partial charge in [-0.25, -0.2) is 19.3 Å². The Balaban J connectivity index is 1.87. The summed E-state index contributed by atoms with van der Waals surface area (Å²) in [5, 5.41) is 14.2. The Morgan fingerprint density at radius 1 is 1.31 bits per heavy atom. The number of rotatable bonds is 5. The first-order chi connectivity index (χ1) is 12.4. The van der Waals surface area contributed by atoms with Crippen molar-refractivity contribution in [3.63, 3.8) is 0 Å². The number of carbonyl (C=O) groups is 2. The van der Waals surface area contributed by atoms with Gasteiger partial charge < -0.3 is 5.32 Å². The fourth-order valence-corrected chi connectivity index (χ4v) is 2.53. The molecule has 0 spiro atoms. The molecule has 0 saturated heterocycles. The van der Waals surface area contributed by atoms with Crippen LogP contribution in [0.3, 0.4) is 0 Å². The van der Waals surface area contributed by atoms with Gasteiger partial charge in [-0.3, -0.25) is 14.9 Å². The second-order valence-electron chi connectivity index (χ2n) is 6.12. The third-order valence-corrected chi connectivity index (χ3v) is 3.77. The number of aryl methyl sites for hydroxylation is 1. The van der Waals surface area contributed by atoms with E-state index in [4.69, 9.17) is 0 Å². The van der Waals surface area contributed by atoms with Gasteiger partial charge in [0.05, 0.1) is 17.1 Å². The normalized spacial score (nSPS) is 11.1. The predicted molar refractivity (Wildman–Crippen MR) is 94.7 cm³/mol. The van der Waals surface area contributed by atoms with Crippen molar-refractivity contribution in [2.75, 3.05) is 12.4 Å². The standard InChI is InChI=1S/C16H20N8O2/c1-9(2)24-14-12(6-19-24)11(5-10(3)20-14)15(26)21-16-18-8-23(22-16)7-13(25)17-4/h5-6,8-9H,7H2,1-4H3,(H,17,25)(H,21,22,26). The van der Waals surface area contributed by atoms with Crippen molar-refractivity contribution >= 4 is 28.8 Å². The summed E-state index contributed by atoms with van der Waals surface area (Å²) >= 11 is 0. The molecule has 0 atom stereocenters. The topological polar surface area (TPSA) is 120 Å². The number of carbonyl (C=O) groups excluding carboxylic acids is 2. The predicted octanol–water partition coefficient (Wildman–Crippen LogP) is 0.910. The van der Waals surface area contributed by atoms with Crippen LogP contribution in [0, 0.1) is 6.92 Å². The van der Waals surface area contributed by atoms with E-state index in [1.54, 1.807) is 16.9 Å². The summed E-state index contributed by atoms with van der Waals surface area (Å²) in [6.45, 7) is 5.85. The summed E-state index contributed by atoms with van der Waals surface area (Å²) in [5.74, 6) is -0.445. The molecule has 3 heterocycles. The highest BCUT2D eigenvalue weighted by molar-refractivity contribution is 6.11. The first-order valence-corrected chi connectivity index (χ1v) is 8.15. The number of fused-ring (bicyclic) bond motifs is 1. The zero-order chi connectivity index (χ0) is 18.8. The third kappa shape index (κ3) is 3.39. The average molecular weight is 356 g/mol. The Morgan fingerprint density at radius 2 is 2.08 bits per heavy atom. The first kappa shape index (κ1) is 17.5. The van der Waals surface area contributed by atoms with Gasteiger partial charge in [-0.15, -0.1) is 5.10 Å². The van der Waals surface area contributed by atoms with Gasteiger partial charge in [-0.05, 0) is 26.8 Å². The Morgan fingerprint density at radius 3 is 2.77 bits per heavy atom. The smallest absolute Gasteiger partial charge is 0.258 e. The lowest BCUT2D eigenvalue weighted by Crippen LogP contribution is -2.23. The van der Waals surface area contributed by atoms with Gasteiger partial charge in [0.25, 0.3) is 5.91 Å². The van der Waals surface area contributed by atoms with E-state index in [9.17, 15) is 9.59 Å². The van der Waals surface area contributed by atoms with Gasteiger partial charge in [-0.1, -0.05) is 0 Å². The second kappa shape index (κ2) is 6.90. The SMILES string of the molecule is CNC(=O)Cn1cnc(NC(=O)c2cc(C)nc3c2cnn3C(C)C)n1. The van der Waals surface area contributed by atoms with Gasteiger partial charge in [0.1, 0.15) is 12.9 Å². The van der Waals surface area contributed by atoms with Gasteiger partial charge in [0, 0.05) is 18.8 Å². The number of likely N-dealkylation sites (N-methyl/N-ethyl adjacent to an activating group) is 1. The van der Waals surface area contributed by atoms with Crippen LogP contribution in [0.1, 0.15) is 35.9 Å². The minimum absolute atomic E-state index is 0.0269. The molecule has 3 aromatic rings. The number of amides is 2. The van der Waals surface area contributed by atoms with E-state index in [0.717, 1.165) is 0 Å². The van der Waals surface area contributed by atoms with Crippen LogP contribution in [-0.4, -0.2) is 48.4 Å². The summed E-state index contributed by atoms with van der Waals surface area (Å²) in [4.78, 5) is 32.6. The summed E-state index contributed by atoms with van der Waals surface area (Å²) in [5.41, 5.74) is 1.81. The highest BCUT2D eigenvalue weighted by atomic mass is 16.2. The monoisotopic (exact) mass is 356 g/mol. The maximum Gasteiger partial charge on any atom is 0.258 e. The minimum Gasteiger partial charge on any atom is -0.358 e. The number of anilines is 1. The molecular formula is C16H20N8O2. The number of hydrogen-bond acceptors (Lipinski definition) is 6. The largest absolute Gasteiger partial charge is 0.358 e. The Kier molecular flexibility index (Phi) is 4.65. The fourth-order valence-electron chi connectivity index (χ4n) is 2.53. The van der Waals surface area contributed by atoms with Gasteiger partial charge in [0.2, 0.25) is 11.9 Å². The lowest BCUT2D eigenvalue weighted by atomic mass is 10.1. The number of nitrogens with one attached hydrogen (secondary N) is 2. The van der Waals surface area contributed by atoms with Crippen molar-refractivity contribution in [3.8, 4) is 0 Å². The molecule has 0 aromatic carbocycles. The molecule has 2 amide bonds. The maximum atomic E-state index is 12.7. The molecule has 10 heteroatoms. The lowest BCUT2D eigenvalue weighted by Gasteiger charge is -2.08. The average Bonchev–Trinajstić information content (AvgIpc) is 3.20. The zero-order valence-corrected chi connectivity index (χ0v) is 15.0. The number of hydrogen-bond donors (Lipinski definition) is 2. The Bertz CT molecular complexity index is 972. The number of aromatic nitrogens is 6. The van der Waals surface area contributed by atoms with E-state index in [1.165, 1.54) is 18.1 Å². The van der Waals surface area contributed by atoms with Gasteiger partial charge in [0.15, 0.2) is 5.65 Å². The molecule has 0 aliphatic heterocycles. The molecular weight excluding hydrogens is 336 g/mol.